The molecule has 1 saturated carbocycles. The van der Waals surface area contributed by atoms with E-state index in [1.807, 2.05) is 6.07 Å². The zero-order valence-corrected chi connectivity index (χ0v) is 18.9. The molecule has 1 aliphatic heterocycles. The molecule has 1 amide bonds. The van der Waals surface area contributed by atoms with E-state index in [0.29, 0.717) is 37.1 Å². The third-order valence-corrected chi connectivity index (χ3v) is 8.58. The molecular weight excluding hydrogens is 431 g/mol. The number of carbonyl (C=O) groups excluding carboxylic acids is 2. The van der Waals surface area contributed by atoms with Gasteiger partial charge in [-0.1, -0.05) is 37.1 Å². The lowest BCUT2D eigenvalue weighted by Crippen LogP contribution is -2.55. The minimum atomic E-state index is -3.71. The summed E-state index contributed by atoms with van der Waals surface area (Å²) in [5.74, 6) is -0.517. The number of ketones is 1. The summed E-state index contributed by atoms with van der Waals surface area (Å²) in [5, 5.41) is 0. The van der Waals surface area contributed by atoms with E-state index in [1.54, 1.807) is 11.0 Å². The van der Waals surface area contributed by atoms with Crippen molar-refractivity contribution in [3.8, 4) is 0 Å². The maximum Gasteiger partial charge on any atom is 0.243 e. The molecule has 4 rings (SSSR count). The van der Waals surface area contributed by atoms with Crippen molar-refractivity contribution in [1.29, 1.82) is 0 Å². The van der Waals surface area contributed by atoms with Crippen molar-refractivity contribution in [2.24, 2.45) is 0 Å². The molecule has 0 radical (unpaired) electrons. The third kappa shape index (κ3) is 4.09. The van der Waals surface area contributed by atoms with Crippen molar-refractivity contribution in [2.45, 2.75) is 42.9 Å². The molecule has 0 unspecified atom stereocenters. The lowest BCUT2D eigenvalue weighted by atomic mass is 9.77. The van der Waals surface area contributed by atoms with Crippen molar-refractivity contribution in [3.63, 3.8) is 0 Å². The maximum atomic E-state index is 13.9. The fraction of sp³-hybridized carbons (Fsp3) is 0.417. The van der Waals surface area contributed by atoms with Crippen LogP contribution in [0.1, 0.15) is 48.5 Å². The van der Waals surface area contributed by atoms with Crippen LogP contribution >= 0.6 is 0 Å². The average molecular weight is 459 g/mol. The van der Waals surface area contributed by atoms with Crippen LogP contribution in [0.2, 0.25) is 0 Å². The molecule has 8 heteroatoms. The maximum absolute atomic E-state index is 13.9. The van der Waals surface area contributed by atoms with E-state index in [0.717, 1.165) is 12.8 Å². The first-order chi connectivity index (χ1) is 15.2. The summed E-state index contributed by atoms with van der Waals surface area (Å²) in [6.07, 6.45) is 3.17. The molecular formula is C24H27FN2O4S. The zero-order chi connectivity index (χ0) is 22.9. The minimum Gasteiger partial charge on any atom is -0.339 e. The Hall–Kier alpha value is -2.58. The number of hydrogen-bond donors (Lipinski definition) is 0. The van der Waals surface area contributed by atoms with Crippen molar-refractivity contribution in [3.05, 3.63) is 65.5 Å². The molecule has 1 saturated heterocycles. The second-order valence-corrected chi connectivity index (χ2v) is 10.5. The van der Waals surface area contributed by atoms with Gasteiger partial charge in [-0.15, -0.1) is 0 Å². The van der Waals surface area contributed by atoms with Gasteiger partial charge in [-0.25, -0.2) is 12.8 Å². The SMILES string of the molecule is CC(=O)c1ccc(S(=O)(=O)N2CCN(C(=O)C3(c4cccc(F)c4)CCCC3)CC2)cc1. The summed E-state index contributed by atoms with van der Waals surface area (Å²) >= 11 is 0. The number of amides is 1. The molecule has 170 valence electrons. The first-order valence-electron chi connectivity index (χ1n) is 10.9. The van der Waals surface area contributed by atoms with Crippen LogP contribution in [0.4, 0.5) is 4.39 Å². The van der Waals surface area contributed by atoms with Crippen LogP contribution in [0.15, 0.2) is 53.4 Å². The Labute approximate surface area is 188 Å². The van der Waals surface area contributed by atoms with Gasteiger partial charge in [-0.3, -0.25) is 9.59 Å². The van der Waals surface area contributed by atoms with E-state index in [2.05, 4.69) is 0 Å². The summed E-state index contributed by atoms with van der Waals surface area (Å²) in [7, 11) is -3.71. The number of hydrogen-bond acceptors (Lipinski definition) is 4. The summed E-state index contributed by atoms with van der Waals surface area (Å²) in [6, 6.07) is 12.2. The van der Waals surface area contributed by atoms with Crippen molar-refractivity contribution in [1.82, 2.24) is 9.21 Å². The number of carbonyl (C=O) groups is 2. The highest BCUT2D eigenvalue weighted by atomic mass is 32.2. The summed E-state index contributed by atoms with van der Waals surface area (Å²) in [5.41, 5.74) is 0.435. The molecule has 2 fully saturated rings. The number of nitrogens with zero attached hydrogens (tertiary/aromatic N) is 2. The van der Waals surface area contributed by atoms with Crippen molar-refractivity contribution in [2.75, 3.05) is 26.2 Å². The summed E-state index contributed by atoms with van der Waals surface area (Å²) < 4.78 is 41.3. The van der Waals surface area contributed by atoms with Gasteiger partial charge < -0.3 is 4.90 Å². The van der Waals surface area contributed by atoms with Gasteiger partial charge in [0.05, 0.1) is 10.3 Å². The van der Waals surface area contributed by atoms with Crippen LogP contribution in [0, 0.1) is 5.82 Å². The number of Topliss-reactive ketones (excluding diaryl/α,β-unsaturated/α-hetero) is 1. The summed E-state index contributed by atoms with van der Waals surface area (Å²) in [6.45, 7) is 2.41. The Kier molecular flexibility index (Phi) is 6.18. The molecule has 1 aliphatic carbocycles. The van der Waals surface area contributed by atoms with Gasteiger partial charge in [0.2, 0.25) is 15.9 Å². The normalized spacial score (nSPS) is 19.1. The van der Waals surface area contributed by atoms with Crippen LogP contribution in [-0.2, 0) is 20.2 Å². The van der Waals surface area contributed by atoms with E-state index in [1.165, 1.54) is 47.6 Å². The van der Waals surface area contributed by atoms with Gasteiger partial charge in [-0.05, 0) is 49.6 Å². The van der Waals surface area contributed by atoms with E-state index in [-0.39, 0.29) is 35.5 Å². The number of benzene rings is 2. The Balaban J connectivity index is 1.49. The Morgan fingerprint density at radius 3 is 2.12 bits per heavy atom. The smallest absolute Gasteiger partial charge is 0.243 e. The van der Waals surface area contributed by atoms with E-state index in [9.17, 15) is 22.4 Å². The first-order valence-corrected chi connectivity index (χ1v) is 12.3. The van der Waals surface area contributed by atoms with Crippen LogP contribution in [0.3, 0.4) is 0 Å². The van der Waals surface area contributed by atoms with Gasteiger partial charge in [0.1, 0.15) is 5.82 Å². The molecule has 6 nitrogen and oxygen atoms in total. The Morgan fingerprint density at radius 1 is 0.938 bits per heavy atom. The van der Waals surface area contributed by atoms with Gasteiger partial charge in [-0.2, -0.15) is 4.31 Å². The predicted octanol–water partition coefficient (Wildman–Crippen LogP) is 3.37. The van der Waals surface area contributed by atoms with Crippen LogP contribution < -0.4 is 0 Å². The second kappa shape index (κ2) is 8.75. The molecule has 2 aliphatic rings. The monoisotopic (exact) mass is 458 g/mol. The average Bonchev–Trinajstić information content (AvgIpc) is 3.30. The second-order valence-electron chi connectivity index (χ2n) is 8.58. The van der Waals surface area contributed by atoms with Gasteiger partial charge in [0, 0.05) is 31.7 Å². The van der Waals surface area contributed by atoms with E-state index >= 15 is 0 Å². The molecule has 0 spiro atoms. The topological polar surface area (TPSA) is 74.8 Å². The lowest BCUT2D eigenvalue weighted by molar-refractivity contribution is -0.138. The summed E-state index contributed by atoms with van der Waals surface area (Å²) in [4.78, 5) is 26.9. The number of rotatable bonds is 5. The molecule has 2 aromatic rings. The first kappa shape index (κ1) is 22.6. The molecule has 1 heterocycles. The predicted molar refractivity (Wildman–Crippen MR) is 118 cm³/mol. The number of sulfonamides is 1. The van der Waals surface area contributed by atoms with Gasteiger partial charge >= 0.3 is 0 Å². The quantitative estimate of drug-likeness (QED) is 0.644. The van der Waals surface area contributed by atoms with E-state index < -0.39 is 15.4 Å². The van der Waals surface area contributed by atoms with Crippen molar-refractivity contribution >= 4 is 21.7 Å². The molecule has 0 aromatic heterocycles. The van der Waals surface area contributed by atoms with Crippen LogP contribution in [-0.4, -0.2) is 55.5 Å². The number of halogens is 1. The Morgan fingerprint density at radius 2 is 1.56 bits per heavy atom. The highest BCUT2D eigenvalue weighted by Crippen LogP contribution is 2.43. The van der Waals surface area contributed by atoms with Crippen molar-refractivity contribution < 1.29 is 22.4 Å². The fourth-order valence-electron chi connectivity index (χ4n) is 4.84. The lowest BCUT2D eigenvalue weighted by Gasteiger charge is -2.39. The van der Waals surface area contributed by atoms with Crippen LogP contribution in [0.25, 0.3) is 0 Å². The largest absolute Gasteiger partial charge is 0.339 e. The van der Waals surface area contributed by atoms with Crippen LogP contribution in [0.5, 0.6) is 0 Å². The minimum absolute atomic E-state index is 0.0385. The fourth-order valence-corrected chi connectivity index (χ4v) is 6.26. The van der Waals surface area contributed by atoms with E-state index in [4.69, 9.17) is 0 Å². The number of piperazine rings is 1. The zero-order valence-electron chi connectivity index (χ0n) is 18.1. The highest BCUT2D eigenvalue weighted by molar-refractivity contribution is 7.89. The van der Waals surface area contributed by atoms with Gasteiger partial charge in [0.25, 0.3) is 0 Å². The Bertz CT molecular complexity index is 1120. The highest BCUT2D eigenvalue weighted by Gasteiger charge is 2.46. The molecule has 0 atom stereocenters. The standard InChI is InChI=1S/C24H27FN2O4S/c1-18(28)19-7-9-22(10-8-19)32(30,31)27-15-13-26(14-16-27)23(29)24(11-2-3-12-24)20-5-4-6-21(25)17-20/h4-10,17H,2-3,11-16H2,1H3. The van der Waals surface area contributed by atoms with Gasteiger partial charge in [0.15, 0.2) is 5.78 Å². The third-order valence-electron chi connectivity index (χ3n) is 6.67. The molecule has 0 N–H and O–H groups in total. The molecule has 2 aromatic carbocycles. The molecule has 0 bridgehead atoms. The molecule has 32 heavy (non-hydrogen) atoms.